The molecule has 1 atom stereocenters. The molecule has 1 amide bonds. The molecule has 154 valence electrons. The third-order valence-electron chi connectivity index (χ3n) is 5.24. The van der Waals surface area contributed by atoms with E-state index in [4.69, 9.17) is 0 Å². The number of halogens is 2. The lowest BCUT2D eigenvalue weighted by Gasteiger charge is -2.33. The lowest BCUT2D eigenvalue weighted by Crippen LogP contribution is -2.43. The average Bonchev–Trinajstić information content (AvgIpc) is 2.79. The Morgan fingerprint density at radius 1 is 1.03 bits per heavy atom. The number of aromatic nitrogens is 2. The van der Waals surface area contributed by atoms with Gasteiger partial charge in [0.25, 0.3) is 0 Å². The smallest absolute Gasteiger partial charge is 0.225 e. The summed E-state index contributed by atoms with van der Waals surface area (Å²) in [6, 6.07) is 14.0. The van der Waals surface area contributed by atoms with Crippen molar-refractivity contribution in [1.29, 1.82) is 0 Å². The maximum Gasteiger partial charge on any atom is 0.225 e. The molecular weight excluding hydrogens is 386 g/mol. The Morgan fingerprint density at radius 3 is 2.47 bits per heavy atom. The zero-order chi connectivity index (χ0) is 20.9. The van der Waals surface area contributed by atoms with Gasteiger partial charge in [-0.1, -0.05) is 12.1 Å². The van der Waals surface area contributed by atoms with Crippen LogP contribution in [-0.2, 0) is 11.3 Å². The average molecular weight is 408 g/mol. The van der Waals surface area contributed by atoms with Crippen molar-refractivity contribution in [1.82, 2.24) is 15.3 Å². The van der Waals surface area contributed by atoms with Gasteiger partial charge in [0.05, 0.1) is 5.92 Å². The highest BCUT2D eigenvalue weighted by Gasteiger charge is 2.26. The minimum atomic E-state index is -0.305. The fraction of sp³-hybridized carbons (Fsp3) is 0.261. The fourth-order valence-corrected chi connectivity index (χ4v) is 3.60. The molecule has 2 aromatic carbocycles. The molecule has 1 fully saturated rings. The Hall–Kier alpha value is -3.35. The van der Waals surface area contributed by atoms with Gasteiger partial charge in [-0.15, -0.1) is 0 Å². The molecule has 1 aliphatic heterocycles. The van der Waals surface area contributed by atoms with E-state index >= 15 is 0 Å². The van der Waals surface area contributed by atoms with Crippen molar-refractivity contribution >= 4 is 11.7 Å². The SMILES string of the molecule is O=C(NCc1ccc(F)cc1)[C@@H]1CCCN(c2ccnc(-c3ccc(F)cc3)n2)C1. The monoisotopic (exact) mass is 408 g/mol. The highest BCUT2D eigenvalue weighted by Crippen LogP contribution is 2.24. The Bertz CT molecular complexity index is 1010. The van der Waals surface area contributed by atoms with Crippen LogP contribution in [0.25, 0.3) is 11.4 Å². The largest absolute Gasteiger partial charge is 0.356 e. The van der Waals surface area contributed by atoms with Crippen LogP contribution in [0.4, 0.5) is 14.6 Å². The van der Waals surface area contributed by atoms with Crippen LogP contribution in [0.2, 0.25) is 0 Å². The number of nitrogens with zero attached hydrogens (tertiary/aromatic N) is 3. The summed E-state index contributed by atoms with van der Waals surface area (Å²) in [6.07, 6.45) is 3.37. The van der Waals surface area contributed by atoms with Gasteiger partial charge in [0.15, 0.2) is 5.82 Å². The first kappa shape index (κ1) is 19.9. The van der Waals surface area contributed by atoms with Gasteiger partial charge in [-0.25, -0.2) is 18.7 Å². The van der Waals surface area contributed by atoms with E-state index in [1.54, 1.807) is 30.5 Å². The maximum absolute atomic E-state index is 13.2. The summed E-state index contributed by atoms with van der Waals surface area (Å²) in [5, 5.41) is 2.95. The second-order valence-corrected chi connectivity index (χ2v) is 7.37. The Labute approximate surface area is 173 Å². The molecule has 1 N–H and O–H groups in total. The molecule has 4 rings (SSSR count). The van der Waals surface area contributed by atoms with Crippen molar-refractivity contribution < 1.29 is 13.6 Å². The maximum atomic E-state index is 13.2. The van der Waals surface area contributed by atoms with Crippen LogP contribution in [0.3, 0.4) is 0 Å². The highest BCUT2D eigenvalue weighted by atomic mass is 19.1. The van der Waals surface area contributed by atoms with Gasteiger partial charge < -0.3 is 10.2 Å². The van der Waals surface area contributed by atoms with E-state index in [1.165, 1.54) is 24.3 Å². The quantitative estimate of drug-likeness (QED) is 0.695. The summed E-state index contributed by atoms with van der Waals surface area (Å²) in [4.78, 5) is 23.6. The number of amides is 1. The summed E-state index contributed by atoms with van der Waals surface area (Å²) < 4.78 is 26.2. The molecule has 0 unspecified atom stereocenters. The van der Waals surface area contributed by atoms with E-state index in [0.29, 0.717) is 18.9 Å². The van der Waals surface area contributed by atoms with Gasteiger partial charge >= 0.3 is 0 Å². The van der Waals surface area contributed by atoms with Crippen LogP contribution in [0.5, 0.6) is 0 Å². The number of piperidine rings is 1. The van der Waals surface area contributed by atoms with Gasteiger partial charge in [-0.2, -0.15) is 0 Å². The number of carbonyl (C=O) groups is 1. The van der Waals surface area contributed by atoms with E-state index in [-0.39, 0.29) is 23.5 Å². The minimum Gasteiger partial charge on any atom is -0.356 e. The number of rotatable bonds is 5. The molecular formula is C23H22F2N4O. The number of anilines is 1. The molecule has 7 heteroatoms. The van der Waals surface area contributed by atoms with Gasteiger partial charge in [-0.3, -0.25) is 4.79 Å². The third kappa shape index (κ3) is 4.79. The topological polar surface area (TPSA) is 58.1 Å². The second-order valence-electron chi connectivity index (χ2n) is 7.37. The van der Waals surface area contributed by atoms with E-state index in [9.17, 15) is 13.6 Å². The van der Waals surface area contributed by atoms with Crippen LogP contribution in [0.15, 0.2) is 60.8 Å². The molecule has 0 bridgehead atoms. The van der Waals surface area contributed by atoms with E-state index < -0.39 is 0 Å². The van der Waals surface area contributed by atoms with E-state index in [1.807, 2.05) is 6.07 Å². The molecule has 2 heterocycles. The van der Waals surface area contributed by atoms with Gasteiger partial charge in [0.2, 0.25) is 5.91 Å². The number of hydrogen-bond acceptors (Lipinski definition) is 4. The normalized spacial score (nSPS) is 16.3. The number of nitrogens with one attached hydrogen (secondary N) is 1. The van der Waals surface area contributed by atoms with Crippen molar-refractivity contribution in [2.75, 3.05) is 18.0 Å². The highest BCUT2D eigenvalue weighted by molar-refractivity contribution is 5.79. The third-order valence-corrected chi connectivity index (χ3v) is 5.24. The van der Waals surface area contributed by atoms with Crippen molar-refractivity contribution in [3.8, 4) is 11.4 Å². The van der Waals surface area contributed by atoms with Crippen LogP contribution in [0, 0.1) is 17.6 Å². The molecule has 1 aliphatic rings. The van der Waals surface area contributed by atoms with Crippen molar-refractivity contribution in [3.05, 3.63) is 78.0 Å². The fourth-order valence-electron chi connectivity index (χ4n) is 3.60. The standard InChI is InChI=1S/C23H22F2N4O/c24-19-7-3-16(4-8-19)14-27-23(30)18-2-1-13-29(15-18)21-11-12-26-22(28-21)17-5-9-20(25)10-6-17/h3-12,18H,1-2,13-15H2,(H,27,30)/t18-/m1/s1. The summed E-state index contributed by atoms with van der Waals surface area (Å²) >= 11 is 0. The summed E-state index contributed by atoms with van der Waals surface area (Å²) in [5.74, 6) is 0.509. The van der Waals surface area contributed by atoms with Crippen LogP contribution < -0.4 is 10.2 Å². The molecule has 0 saturated carbocycles. The zero-order valence-electron chi connectivity index (χ0n) is 16.4. The predicted octanol–water partition coefficient (Wildman–Crippen LogP) is 3.95. The predicted molar refractivity (Wildman–Crippen MR) is 111 cm³/mol. The first-order valence-corrected chi connectivity index (χ1v) is 9.94. The molecule has 3 aromatic rings. The molecule has 0 radical (unpaired) electrons. The molecule has 1 saturated heterocycles. The molecule has 1 aromatic heterocycles. The van der Waals surface area contributed by atoms with Gasteiger partial charge in [-0.05, 0) is 60.9 Å². The Kier molecular flexibility index (Phi) is 5.97. The van der Waals surface area contributed by atoms with Gasteiger partial charge in [0, 0.05) is 31.4 Å². The van der Waals surface area contributed by atoms with Crippen LogP contribution in [-0.4, -0.2) is 29.0 Å². The Morgan fingerprint density at radius 2 is 1.73 bits per heavy atom. The van der Waals surface area contributed by atoms with Gasteiger partial charge in [0.1, 0.15) is 17.5 Å². The molecule has 5 nitrogen and oxygen atoms in total. The van der Waals surface area contributed by atoms with E-state index in [0.717, 1.165) is 36.3 Å². The first-order valence-electron chi connectivity index (χ1n) is 9.94. The molecule has 30 heavy (non-hydrogen) atoms. The van der Waals surface area contributed by atoms with Crippen LogP contribution >= 0.6 is 0 Å². The number of hydrogen-bond donors (Lipinski definition) is 1. The second kappa shape index (κ2) is 8.98. The first-order chi connectivity index (χ1) is 14.6. The van der Waals surface area contributed by atoms with Crippen molar-refractivity contribution in [3.63, 3.8) is 0 Å². The van der Waals surface area contributed by atoms with Crippen molar-refractivity contribution in [2.45, 2.75) is 19.4 Å². The summed E-state index contributed by atoms with van der Waals surface area (Å²) in [7, 11) is 0. The van der Waals surface area contributed by atoms with E-state index in [2.05, 4.69) is 20.2 Å². The zero-order valence-corrected chi connectivity index (χ0v) is 16.4. The minimum absolute atomic E-state index is 0.0168. The lowest BCUT2D eigenvalue weighted by molar-refractivity contribution is -0.125. The lowest BCUT2D eigenvalue weighted by atomic mass is 9.97. The van der Waals surface area contributed by atoms with Crippen molar-refractivity contribution in [2.24, 2.45) is 5.92 Å². The number of benzene rings is 2. The number of carbonyl (C=O) groups excluding carboxylic acids is 1. The molecule has 0 aliphatic carbocycles. The van der Waals surface area contributed by atoms with Crippen LogP contribution in [0.1, 0.15) is 18.4 Å². The Balaban J connectivity index is 1.41. The molecule has 0 spiro atoms. The summed E-state index contributed by atoms with van der Waals surface area (Å²) in [6.45, 7) is 1.74. The summed E-state index contributed by atoms with van der Waals surface area (Å²) in [5.41, 5.74) is 1.60.